The molecule has 2 aromatic rings. The predicted molar refractivity (Wildman–Crippen MR) is 85.7 cm³/mol. The van der Waals surface area contributed by atoms with E-state index in [0.29, 0.717) is 24.0 Å². The normalized spacial score (nSPS) is 10.8. The van der Waals surface area contributed by atoms with E-state index in [0.717, 1.165) is 34.1 Å². The van der Waals surface area contributed by atoms with Gasteiger partial charge in [0.2, 0.25) is 0 Å². The Hall–Kier alpha value is -1.20. The number of anilines is 1. The molecule has 1 aromatic carbocycles. The van der Waals surface area contributed by atoms with Crippen LogP contribution in [0.4, 0.5) is 5.13 Å². The van der Waals surface area contributed by atoms with Crippen molar-refractivity contribution >= 4 is 38.3 Å². The average Bonchev–Trinajstić information content (AvgIpc) is 2.86. The lowest BCUT2D eigenvalue weighted by Gasteiger charge is -2.11. The lowest BCUT2D eigenvalue weighted by atomic mass is 10.3. The molecule has 0 aliphatic heterocycles. The summed E-state index contributed by atoms with van der Waals surface area (Å²) in [5, 5.41) is 4.73. The molecule has 6 heteroatoms. The fourth-order valence-electron chi connectivity index (χ4n) is 1.85. The SMILES string of the molecule is CCCNc1nc2c(Cl)cc(OCC)c(OCC)c2s1. The van der Waals surface area contributed by atoms with Gasteiger partial charge >= 0.3 is 0 Å². The van der Waals surface area contributed by atoms with E-state index in [-0.39, 0.29) is 0 Å². The van der Waals surface area contributed by atoms with Crippen molar-refractivity contribution in [3.8, 4) is 11.5 Å². The van der Waals surface area contributed by atoms with Crippen LogP contribution in [0.25, 0.3) is 10.2 Å². The number of rotatable bonds is 7. The van der Waals surface area contributed by atoms with Gasteiger partial charge in [0.05, 0.1) is 18.2 Å². The summed E-state index contributed by atoms with van der Waals surface area (Å²) in [6.07, 6.45) is 1.05. The summed E-state index contributed by atoms with van der Waals surface area (Å²) in [4.78, 5) is 4.53. The van der Waals surface area contributed by atoms with Gasteiger partial charge in [0.15, 0.2) is 16.6 Å². The minimum absolute atomic E-state index is 0.571. The topological polar surface area (TPSA) is 43.4 Å². The molecule has 1 heterocycles. The van der Waals surface area contributed by atoms with Crippen molar-refractivity contribution in [2.75, 3.05) is 25.1 Å². The van der Waals surface area contributed by atoms with Gasteiger partial charge in [-0.3, -0.25) is 0 Å². The molecule has 0 amide bonds. The smallest absolute Gasteiger partial charge is 0.183 e. The molecule has 4 nitrogen and oxygen atoms in total. The van der Waals surface area contributed by atoms with Crippen LogP contribution in [-0.2, 0) is 0 Å². The van der Waals surface area contributed by atoms with E-state index in [1.54, 1.807) is 17.4 Å². The van der Waals surface area contributed by atoms with Crippen LogP contribution in [0.1, 0.15) is 27.2 Å². The summed E-state index contributed by atoms with van der Waals surface area (Å²) in [6.45, 7) is 8.04. The zero-order valence-electron chi connectivity index (χ0n) is 12.0. The number of fused-ring (bicyclic) bond motifs is 1. The van der Waals surface area contributed by atoms with E-state index in [1.807, 2.05) is 13.8 Å². The number of benzene rings is 1. The Kier molecular flexibility index (Phi) is 5.31. The molecule has 20 heavy (non-hydrogen) atoms. The highest BCUT2D eigenvalue weighted by atomic mass is 35.5. The molecular weight excluding hydrogens is 296 g/mol. The quantitative estimate of drug-likeness (QED) is 0.813. The number of aromatic nitrogens is 1. The van der Waals surface area contributed by atoms with E-state index < -0.39 is 0 Å². The maximum Gasteiger partial charge on any atom is 0.183 e. The fraction of sp³-hybridized carbons (Fsp3) is 0.500. The number of halogens is 1. The Morgan fingerprint density at radius 1 is 1.25 bits per heavy atom. The zero-order chi connectivity index (χ0) is 14.5. The molecule has 0 saturated carbocycles. The molecule has 1 aromatic heterocycles. The number of nitrogens with zero attached hydrogens (tertiary/aromatic N) is 1. The van der Waals surface area contributed by atoms with Crippen LogP contribution in [0.2, 0.25) is 5.02 Å². The second kappa shape index (κ2) is 6.99. The first-order valence-electron chi connectivity index (χ1n) is 6.83. The summed E-state index contributed by atoms with van der Waals surface area (Å²) in [5.41, 5.74) is 0.766. The van der Waals surface area contributed by atoms with Crippen molar-refractivity contribution < 1.29 is 9.47 Å². The highest BCUT2D eigenvalue weighted by Crippen LogP contribution is 2.44. The van der Waals surface area contributed by atoms with Crippen molar-refractivity contribution in [1.82, 2.24) is 4.98 Å². The lowest BCUT2D eigenvalue weighted by Crippen LogP contribution is -1.98. The van der Waals surface area contributed by atoms with Gasteiger partial charge in [-0.2, -0.15) is 0 Å². The standard InChI is InChI=1S/C14H19ClN2O2S/c1-4-7-16-14-17-11-9(15)8-10(18-5-2)12(19-6-3)13(11)20-14/h8H,4-7H2,1-3H3,(H,16,17). The van der Waals surface area contributed by atoms with Crippen LogP contribution in [0.15, 0.2) is 6.07 Å². The Morgan fingerprint density at radius 2 is 2.00 bits per heavy atom. The third-order valence-electron chi connectivity index (χ3n) is 2.66. The Bertz CT molecular complexity index is 586. The molecule has 0 fully saturated rings. The summed E-state index contributed by atoms with van der Waals surface area (Å²) in [6, 6.07) is 1.78. The van der Waals surface area contributed by atoms with Crippen LogP contribution in [-0.4, -0.2) is 24.7 Å². The van der Waals surface area contributed by atoms with Crippen LogP contribution >= 0.6 is 22.9 Å². The van der Waals surface area contributed by atoms with Gasteiger partial charge < -0.3 is 14.8 Å². The molecule has 0 unspecified atom stereocenters. The number of nitrogens with one attached hydrogen (secondary N) is 1. The summed E-state index contributed by atoms with van der Waals surface area (Å²) in [7, 11) is 0. The molecule has 0 saturated heterocycles. The second-order valence-electron chi connectivity index (χ2n) is 4.18. The first-order chi connectivity index (χ1) is 9.71. The van der Waals surface area contributed by atoms with E-state index in [4.69, 9.17) is 21.1 Å². The molecule has 0 atom stereocenters. The van der Waals surface area contributed by atoms with Crippen molar-refractivity contribution in [2.45, 2.75) is 27.2 Å². The predicted octanol–water partition coefficient (Wildman–Crippen LogP) is 4.57. The molecule has 0 bridgehead atoms. The number of thiazole rings is 1. The maximum atomic E-state index is 6.30. The molecule has 2 rings (SSSR count). The largest absolute Gasteiger partial charge is 0.490 e. The van der Waals surface area contributed by atoms with Crippen LogP contribution in [0.3, 0.4) is 0 Å². The minimum Gasteiger partial charge on any atom is -0.490 e. The summed E-state index contributed by atoms with van der Waals surface area (Å²) >= 11 is 7.84. The Labute approximate surface area is 128 Å². The summed E-state index contributed by atoms with van der Waals surface area (Å²) < 4.78 is 12.3. The number of hydrogen-bond donors (Lipinski definition) is 1. The number of hydrogen-bond acceptors (Lipinski definition) is 5. The van der Waals surface area contributed by atoms with E-state index in [2.05, 4.69) is 17.2 Å². The maximum absolute atomic E-state index is 6.30. The highest BCUT2D eigenvalue weighted by molar-refractivity contribution is 7.22. The average molecular weight is 315 g/mol. The molecule has 0 aliphatic carbocycles. The second-order valence-corrected chi connectivity index (χ2v) is 5.58. The molecular formula is C14H19ClN2O2S. The highest BCUT2D eigenvalue weighted by Gasteiger charge is 2.18. The lowest BCUT2D eigenvalue weighted by molar-refractivity contribution is 0.291. The van der Waals surface area contributed by atoms with Crippen LogP contribution in [0, 0.1) is 0 Å². The molecule has 1 N–H and O–H groups in total. The first-order valence-corrected chi connectivity index (χ1v) is 8.03. The zero-order valence-corrected chi connectivity index (χ0v) is 13.5. The van der Waals surface area contributed by atoms with E-state index in [1.165, 1.54) is 0 Å². The first kappa shape index (κ1) is 15.2. The van der Waals surface area contributed by atoms with Crippen molar-refractivity contribution in [2.24, 2.45) is 0 Å². The monoisotopic (exact) mass is 314 g/mol. The van der Waals surface area contributed by atoms with Crippen LogP contribution < -0.4 is 14.8 Å². The Balaban J connectivity index is 2.51. The fourth-order valence-corrected chi connectivity index (χ4v) is 3.15. The van der Waals surface area contributed by atoms with Gasteiger partial charge in [-0.1, -0.05) is 29.9 Å². The number of ether oxygens (including phenoxy) is 2. The van der Waals surface area contributed by atoms with Gasteiger partial charge in [-0.15, -0.1) is 0 Å². The third-order valence-corrected chi connectivity index (χ3v) is 3.96. The molecule has 0 aliphatic rings. The van der Waals surface area contributed by atoms with Gasteiger partial charge in [0.25, 0.3) is 0 Å². The summed E-state index contributed by atoms with van der Waals surface area (Å²) in [5.74, 6) is 1.41. The van der Waals surface area contributed by atoms with Crippen LogP contribution in [0.5, 0.6) is 11.5 Å². The van der Waals surface area contributed by atoms with Gasteiger partial charge in [0.1, 0.15) is 10.2 Å². The molecule has 110 valence electrons. The minimum atomic E-state index is 0.571. The Morgan fingerprint density at radius 3 is 2.65 bits per heavy atom. The van der Waals surface area contributed by atoms with E-state index in [9.17, 15) is 0 Å². The van der Waals surface area contributed by atoms with Crippen molar-refractivity contribution in [3.63, 3.8) is 0 Å². The van der Waals surface area contributed by atoms with Crippen molar-refractivity contribution in [1.29, 1.82) is 0 Å². The van der Waals surface area contributed by atoms with Crippen molar-refractivity contribution in [3.05, 3.63) is 11.1 Å². The van der Waals surface area contributed by atoms with Gasteiger partial charge in [-0.05, 0) is 20.3 Å². The van der Waals surface area contributed by atoms with Gasteiger partial charge in [-0.25, -0.2) is 4.98 Å². The van der Waals surface area contributed by atoms with E-state index >= 15 is 0 Å². The molecule has 0 spiro atoms. The third kappa shape index (κ3) is 3.10. The molecule has 0 radical (unpaired) electrons. The van der Waals surface area contributed by atoms with Gasteiger partial charge in [0, 0.05) is 12.6 Å².